The third-order valence-corrected chi connectivity index (χ3v) is 8.56. The van der Waals surface area contributed by atoms with E-state index in [1.54, 1.807) is 4.90 Å². The molecule has 2 aliphatic rings. The Hall–Kier alpha value is -3.73. The zero-order valence-electron chi connectivity index (χ0n) is 23.7. The summed E-state index contributed by atoms with van der Waals surface area (Å²) in [5.74, 6) is -1.05. The summed E-state index contributed by atoms with van der Waals surface area (Å²) in [7, 11) is 0. The van der Waals surface area contributed by atoms with E-state index in [9.17, 15) is 33.0 Å². The van der Waals surface area contributed by atoms with Crippen molar-refractivity contribution < 1.29 is 33.0 Å². The average molecular weight is 596 g/mol. The minimum absolute atomic E-state index is 0.0827. The van der Waals surface area contributed by atoms with E-state index in [0.29, 0.717) is 32.2 Å². The van der Waals surface area contributed by atoms with Gasteiger partial charge in [-0.25, -0.2) is 0 Å². The molecule has 228 valence electrons. The molecule has 7 nitrogen and oxygen atoms in total. The molecule has 1 aliphatic carbocycles. The monoisotopic (exact) mass is 595 g/mol. The minimum Gasteiger partial charge on any atom is -0.392 e. The van der Waals surface area contributed by atoms with Gasteiger partial charge in [-0.1, -0.05) is 54.6 Å². The predicted molar refractivity (Wildman–Crippen MR) is 156 cm³/mol. The fraction of sp³-hybridized carbons (Fsp3) is 0.394. The van der Waals surface area contributed by atoms with Gasteiger partial charge in [-0.3, -0.25) is 14.9 Å². The van der Waals surface area contributed by atoms with Gasteiger partial charge in [-0.2, -0.15) is 13.2 Å². The van der Waals surface area contributed by atoms with Crippen LogP contribution in [0.5, 0.6) is 0 Å². The van der Waals surface area contributed by atoms with Crippen LogP contribution < -0.4 is 10.6 Å². The van der Waals surface area contributed by atoms with E-state index in [1.165, 1.54) is 6.07 Å². The Bertz CT molecular complexity index is 1440. The first-order chi connectivity index (χ1) is 20.6. The van der Waals surface area contributed by atoms with Crippen molar-refractivity contribution in [2.45, 2.75) is 69.1 Å². The van der Waals surface area contributed by atoms with Gasteiger partial charge in [0, 0.05) is 18.2 Å². The van der Waals surface area contributed by atoms with Gasteiger partial charge in [-0.15, -0.1) is 0 Å². The standard InChI is InChI=1S/C33H36F3N3O4/c34-33(35,36)26-9-4-8-23(18-26)31(42)37-20-30(41)39-17-5-10-29(39)38-27-13-15-32(43,16-14-27)25-11-12-28(24(19-25)21-40)22-6-2-1-3-7-22/h1-4,6-9,11-12,18-19,27,29,38,40,43H,5,10,13-17,20-21H2,(H,37,42)/t27?,29-,32?/m0/s1. The summed E-state index contributed by atoms with van der Waals surface area (Å²) in [5, 5.41) is 27.6. The van der Waals surface area contributed by atoms with Crippen LogP contribution >= 0.6 is 0 Å². The fourth-order valence-electron chi connectivity index (χ4n) is 6.17. The molecular formula is C33H36F3N3O4. The molecule has 0 spiro atoms. The zero-order chi connectivity index (χ0) is 30.6. The summed E-state index contributed by atoms with van der Waals surface area (Å²) < 4.78 is 39.0. The Morgan fingerprint density at radius 1 is 0.953 bits per heavy atom. The van der Waals surface area contributed by atoms with E-state index in [2.05, 4.69) is 10.6 Å². The second kappa shape index (κ2) is 12.9. The fourth-order valence-corrected chi connectivity index (χ4v) is 6.17. The number of aliphatic hydroxyl groups excluding tert-OH is 1. The Labute approximate surface area is 248 Å². The van der Waals surface area contributed by atoms with Crippen molar-refractivity contribution in [1.82, 2.24) is 15.5 Å². The summed E-state index contributed by atoms with van der Waals surface area (Å²) in [6, 6.07) is 19.8. The minimum atomic E-state index is -4.56. The number of nitrogens with zero attached hydrogens (tertiary/aromatic N) is 1. The van der Waals surface area contributed by atoms with E-state index in [4.69, 9.17) is 0 Å². The lowest BCUT2D eigenvalue weighted by Crippen LogP contribution is -2.52. The number of hydrogen-bond donors (Lipinski definition) is 4. The Morgan fingerprint density at radius 3 is 2.40 bits per heavy atom. The first kappa shape index (κ1) is 30.7. The van der Waals surface area contributed by atoms with Gasteiger partial charge < -0.3 is 20.4 Å². The molecule has 5 rings (SSSR count). The normalized spacial score (nSPS) is 22.4. The van der Waals surface area contributed by atoms with Gasteiger partial charge in [0.2, 0.25) is 5.91 Å². The maximum atomic E-state index is 13.0. The number of nitrogens with one attached hydrogen (secondary N) is 2. The van der Waals surface area contributed by atoms with E-state index >= 15 is 0 Å². The van der Waals surface area contributed by atoms with Gasteiger partial charge in [0.1, 0.15) is 0 Å². The Morgan fingerprint density at radius 2 is 1.70 bits per heavy atom. The maximum absolute atomic E-state index is 13.0. The van der Waals surface area contributed by atoms with Crippen LogP contribution in [-0.2, 0) is 23.2 Å². The summed E-state index contributed by atoms with van der Waals surface area (Å²) >= 11 is 0. The van der Waals surface area contributed by atoms with Crippen molar-refractivity contribution in [1.29, 1.82) is 0 Å². The number of halogens is 3. The Balaban J connectivity index is 1.15. The van der Waals surface area contributed by atoms with Crippen LogP contribution in [0.15, 0.2) is 72.8 Å². The molecule has 2 fully saturated rings. The van der Waals surface area contributed by atoms with Gasteiger partial charge >= 0.3 is 6.18 Å². The lowest BCUT2D eigenvalue weighted by molar-refractivity contribution is -0.137. The molecule has 0 radical (unpaired) electrons. The second-order valence-electron chi connectivity index (χ2n) is 11.4. The molecular weight excluding hydrogens is 559 g/mol. The number of rotatable bonds is 8. The molecule has 3 aromatic rings. The molecule has 10 heteroatoms. The highest BCUT2D eigenvalue weighted by Crippen LogP contribution is 2.39. The lowest BCUT2D eigenvalue weighted by atomic mass is 9.76. The van der Waals surface area contributed by atoms with E-state index in [-0.39, 0.29) is 36.8 Å². The van der Waals surface area contributed by atoms with Crippen LogP contribution in [0.2, 0.25) is 0 Å². The Kier molecular flexibility index (Phi) is 9.19. The van der Waals surface area contributed by atoms with Crippen molar-refractivity contribution in [2.75, 3.05) is 13.1 Å². The number of benzene rings is 3. The molecule has 0 bridgehead atoms. The smallest absolute Gasteiger partial charge is 0.392 e. The third-order valence-electron chi connectivity index (χ3n) is 8.56. The molecule has 0 aromatic heterocycles. The molecule has 43 heavy (non-hydrogen) atoms. The molecule has 1 heterocycles. The third kappa shape index (κ3) is 7.09. The van der Waals surface area contributed by atoms with Crippen molar-refractivity contribution >= 4 is 11.8 Å². The van der Waals surface area contributed by atoms with Crippen molar-refractivity contribution in [3.05, 3.63) is 95.1 Å². The molecule has 1 saturated carbocycles. The summed E-state index contributed by atoms with van der Waals surface area (Å²) in [4.78, 5) is 27.1. The van der Waals surface area contributed by atoms with E-state index < -0.39 is 23.2 Å². The van der Waals surface area contributed by atoms with Crippen LogP contribution in [0.1, 0.15) is 65.6 Å². The highest BCUT2D eigenvalue weighted by atomic mass is 19.4. The van der Waals surface area contributed by atoms with Crippen LogP contribution in [0.25, 0.3) is 11.1 Å². The number of amides is 2. The molecule has 2 amide bonds. The van der Waals surface area contributed by atoms with Crippen molar-refractivity contribution in [2.24, 2.45) is 0 Å². The summed E-state index contributed by atoms with van der Waals surface area (Å²) in [6.07, 6.45) is -0.826. The maximum Gasteiger partial charge on any atom is 0.416 e. The number of carbonyl (C=O) groups excluding carboxylic acids is 2. The van der Waals surface area contributed by atoms with Gasteiger partial charge in [0.25, 0.3) is 5.91 Å². The van der Waals surface area contributed by atoms with Gasteiger partial charge in [-0.05, 0) is 79.0 Å². The molecule has 4 N–H and O–H groups in total. The quantitative estimate of drug-likeness (QED) is 0.295. The van der Waals surface area contributed by atoms with E-state index in [1.807, 2.05) is 48.5 Å². The van der Waals surface area contributed by atoms with Crippen molar-refractivity contribution in [3.8, 4) is 11.1 Å². The number of aliphatic hydroxyl groups is 2. The second-order valence-corrected chi connectivity index (χ2v) is 11.4. The van der Waals surface area contributed by atoms with Crippen LogP contribution in [0.3, 0.4) is 0 Å². The molecule has 1 saturated heterocycles. The van der Waals surface area contributed by atoms with E-state index in [0.717, 1.165) is 53.3 Å². The largest absolute Gasteiger partial charge is 0.416 e. The summed E-state index contributed by atoms with van der Waals surface area (Å²) in [5.41, 5.74) is 1.38. The van der Waals surface area contributed by atoms with Crippen molar-refractivity contribution in [3.63, 3.8) is 0 Å². The molecule has 0 unspecified atom stereocenters. The number of alkyl halides is 3. The van der Waals surface area contributed by atoms with Crippen LogP contribution in [-0.4, -0.2) is 52.2 Å². The predicted octanol–water partition coefficient (Wildman–Crippen LogP) is 4.96. The lowest BCUT2D eigenvalue weighted by Gasteiger charge is -2.39. The van der Waals surface area contributed by atoms with Crippen LogP contribution in [0.4, 0.5) is 13.2 Å². The highest BCUT2D eigenvalue weighted by molar-refractivity contribution is 5.96. The first-order valence-electron chi connectivity index (χ1n) is 14.6. The number of likely N-dealkylation sites (tertiary alicyclic amines) is 1. The number of hydrogen-bond acceptors (Lipinski definition) is 5. The SMILES string of the molecule is O=C(NCC(=O)N1CCC[C@H]1NC1CCC(O)(c2ccc(-c3ccccc3)c(CO)c2)CC1)c1cccc(C(F)(F)F)c1. The van der Waals surface area contributed by atoms with Gasteiger partial charge in [0.05, 0.1) is 30.5 Å². The first-order valence-corrected chi connectivity index (χ1v) is 14.6. The molecule has 1 aliphatic heterocycles. The van der Waals surface area contributed by atoms with Gasteiger partial charge in [0.15, 0.2) is 0 Å². The molecule has 3 aromatic carbocycles. The number of carbonyl (C=O) groups is 2. The van der Waals surface area contributed by atoms with Crippen LogP contribution in [0, 0.1) is 0 Å². The zero-order valence-corrected chi connectivity index (χ0v) is 23.7. The summed E-state index contributed by atoms with van der Waals surface area (Å²) in [6.45, 7) is 0.0679. The average Bonchev–Trinajstić information content (AvgIpc) is 3.49. The highest BCUT2D eigenvalue weighted by Gasteiger charge is 2.38. The molecule has 1 atom stereocenters. The topological polar surface area (TPSA) is 102 Å².